The number of nitrogens with zero attached hydrogens (tertiary/aromatic N) is 2. The molecule has 0 atom stereocenters. The van der Waals surface area contributed by atoms with E-state index < -0.39 is 0 Å². The zero-order valence-electron chi connectivity index (χ0n) is 6.41. The minimum atomic E-state index is 0.376. The first kappa shape index (κ1) is 6.86. The zero-order valence-corrected chi connectivity index (χ0v) is 6.41. The number of nitriles is 1. The van der Waals surface area contributed by atoms with Crippen molar-refractivity contribution in [1.82, 2.24) is 9.97 Å². The van der Waals surface area contributed by atoms with E-state index >= 15 is 0 Å². The van der Waals surface area contributed by atoms with E-state index in [4.69, 9.17) is 5.26 Å². The lowest BCUT2D eigenvalue weighted by atomic mass is 10.2. The zero-order chi connectivity index (χ0) is 8.39. The Bertz CT molecular complexity index is 436. The number of rotatable bonds is 1. The second-order valence-electron chi connectivity index (χ2n) is 2.55. The van der Waals surface area contributed by atoms with Gasteiger partial charge in [0.25, 0.3) is 0 Å². The number of hydrogen-bond acceptors (Lipinski definition) is 2. The number of H-pyrrole nitrogens is 1. The number of pyridine rings is 1. The Balaban J connectivity index is 2.54. The third kappa shape index (κ3) is 1.04. The molecule has 2 heterocycles. The quantitative estimate of drug-likeness (QED) is 0.684. The number of nitrogens with one attached hydrogen (secondary N) is 1. The van der Waals surface area contributed by atoms with E-state index in [9.17, 15) is 0 Å². The Hall–Kier alpha value is -1.82. The van der Waals surface area contributed by atoms with Gasteiger partial charge in [-0.2, -0.15) is 5.26 Å². The lowest BCUT2D eigenvalue weighted by Crippen LogP contribution is -1.86. The van der Waals surface area contributed by atoms with E-state index in [0.29, 0.717) is 6.42 Å². The summed E-state index contributed by atoms with van der Waals surface area (Å²) in [6.07, 6.45) is 2.22. The fourth-order valence-electron chi connectivity index (χ4n) is 1.16. The summed E-state index contributed by atoms with van der Waals surface area (Å²) in [5.74, 6) is 0. The van der Waals surface area contributed by atoms with E-state index in [-0.39, 0.29) is 0 Å². The molecular formula is C9H7N3. The fraction of sp³-hybridized carbons (Fsp3) is 0.111. The van der Waals surface area contributed by atoms with E-state index in [2.05, 4.69) is 16.0 Å². The standard InChI is InChI=1S/C9H7N3/c10-5-3-7-1-2-8-9(12-7)4-6-11-8/h1-2,4,6,11H,3H2. The summed E-state index contributed by atoms with van der Waals surface area (Å²) in [5.41, 5.74) is 2.75. The van der Waals surface area contributed by atoms with Gasteiger partial charge in [0.15, 0.2) is 0 Å². The van der Waals surface area contributed by atoms with Crippen LogP contribution >= 0.6 is 0 Å². The molecule has 12 heavy (non-hydrogen) atoms. The molecule has 3 heteroatoms. The van der Waals surface area contributed by atoms with Gasteiger partial charge in [-0.1, -0.05) is 0 Å². The molecule has 0 saturated carbocycles. The molecule has 0 aliphatic rings. The van der Waals surface area contributed by atoms with Crippen LogP contribution in [-0.4, -0.2) is 9.97 Å². The average Bonchev–Trinajstić information content (AvgIpc) is 2.51. The summed E-state index contributed by atoms with van der Waals surface area (Å²) in [5, 5.41) is 8.44. The van der Waals surface area contributed by atoms with E-state index in [1.54, 1.807) is 0 Å². The van der Waals surface area contributed by atoms with Crippen LogP contribution in [0.5, 0.6) is 0 Å². The topological polar surface area (TPSA) is 52.5 Å². The third-order valence-corrected chi connectivity index (χ3v) is 1.72. The Labute approximate surface area is 69.7 Å². The van der Waals surface area contributed by atoms with Gasteiger partial charge in [0.1, 0.15) is 0 Å². The molecule has 0 radical (unpaired) electrons. The summed E-state index contributed by atoms with van der Waals surface area (Å²) in [4.78, 5) is 7.31. The van der Waals surface area contributed by atoms with Gasteiger partial charge in [-0.05, 0) is 18.2 Å². The fourth-order valence-corrected chi connectivity index (χ4v) is 1.16. The predicted octanol–water partition coefficient (Wildman–Crippen LogP) is 1.63. The van der Waals surface area contributed by atoms with Gasteiger partial charge in [-0.25, -0.2) is 0 Å². The monoisotopic (exact) mass is 157 g/mol. The van der Waals surface area contributed by atoms with Gasteiger partial charge in [0.2, 0.25) is 0 Å². The lowest BCUT2D eigenvalue weighted by Gasteiger charge is -1.92. The molecule has 0 aromatic carbocycles. The van der Waals surface area contributed by atoms with Crippen molar-refractivity contribution in [2.24, 2.45) is 0 Å². The highest BCUT2D eigenvalue weighted by molar-refractivity contribution is 5.74. The van der Waals surface area contributed by atoms with Crippen LogP contribution in [-0.2, 0) is 6.42 Å². The molecule has 0 amide bonds. The highest BCUT2D eigenvalue weighted by Gasteiger charge is 1.97. The molecule has 58 valence electrons. The van der Waals surface area contributed by atoms with Gasteiger partial charge in [-0.3, -0.25) is 4.98 Å². The normalized spacial score (nSPS) is 9.92. The molecule has 0 spiro atoms. The Kier molecular flexibility index (Phi) is 1.52. The second kappa shape index (κ2) is 2.67. The minimum absolute atomic E-state index is 0.376. The number of fused-ring (bicyclic) bond motifs is 1. The summed E-state index contributed by atoms with van der Waals surface area (Å²) in [6, 6.07) is 7.77. The first-order valence-electron chi connectivity index (χ1n) is 3.70. The lowest BCUT2D eigenvalue weighted by molar-refractivity contribution is 1.15. The van der Waals surface area contributed by atoms with Gasteiger partial charge in [0, 0.05) is 6.20 Å². The van der Waals surface area contributed by atoms with Gasteiger partial charge >= 0.3 is 0 Å². The number of aromatic nitrogens is 2. The highest BCUT2D eigenvalue weighted by atomic mass is 14.8. The molecule has 2 rings (SSSR count). The van der Waals surface area contributed by atoms with Crippen LogP contribution in [0.4, 0.5) is 0 Å². The summed E-state index contributed by atoms with van der Waals surface area (Å²) in [6.45, 7) is 0. The molecular weight excluding hydrogens is 150 g/mol. The third-order valence-electron chi connectivity index (χ3n) is 1.72. The van der Waals surface area contributed by atoms with Crippen molar-refractivity contribution >= 4 is 11.0 Å². The Morgan fingerprint density at radius 1 is 1.42 bits per heavy atom. The van der Waals surface area contributed by atoms with Crippen LogP contribution in [0.25, 0.3) is 11.0 Å². The van der Waals surface area contributed by atoms with Gasteiger partial charge < -0.3 is 4.98 Å². The Morgan fingerprint density at radius 3 is 3.17 bits per heavy atom. The van der Waals surface area contributed by atoms with Gasteiger partial charge in [-0.15, -0.1) is 0 Å². The molecule has 2 aromatic rings. The second-order valence-corrected chi connectivity index (χ2v) is 2.55. The Morgan fingerprint density at radius 2 is 2.33 bits per heavy atom. The first-order chi connectivity index (χ1) is 5.90. The smallest absolute Gasteiger partial charge is 0.0882 e. The molecule has 2 aromatic heterocycles. The van der Waals surface area contributed by atoms with Crippen molar-refractivity contribution in [2.75, 3.05) is 0 Å². The van der Waals surface area contributed by atoms with Crippen LogP contribution < -0.4 is 0 Å². The van der Waals surface area contributed by atoms with Crippen LogP contribution in [0, 0.1) is 11.3 Å². The van der Waals surface area contributed by atoms with Crippen LogP contribution in [0.1, 0.15) is 5.69 Å². The summed E-state index contributed by atoms with van der Waals surface area (Å²) >= 11 is 0. The molecule has 0 aliphatic heterocycles. The SMILES string of the molecule is N#CCc1ccc2[nH]ccc2n1. The van der Waals surface area contributed by atoms with E-state index in [1.165, 1.54) is 0 Å². The number of hydrogen-bond donors (Lipinski definition) is 1. The molecule has 0 unspecified atom stereocenters. The maximum Gasteiger partial charge on any atom is 0.0882 e. The molecule has 3 nitrogen and oxygen atoms in total. The molecule has 1 N–H and O–H groups in total. The molecule has 0 bridgehead atoms. The van der Waals surface area contributed by atoms with E-state index in [1.807, 2.05) is 24.4 Å². The molecule has 0 aliphatic carbocycles. The van der Waals surface area contributed by atoms with Crippen molar-refractivity contribution in [3.8, 4) is 6.07 Å². The van der Waals surface area contributed by atoms with E-state index in [0.717, 1.165) is 16.7 Å². The maximum atomic E-state index is 8.44. The maximum absolute atomic E-state index is 8.44. The minimum Gasteiger partial charge on any atom is -0.360 e. The summed E-state index contributed by atoms with van der Waals surface area (Å²) in [7, 11) is 0. The van der Waals surface area contributed by atoms with Crippen LogP contribution in [0.3, 0.4) is 0 Å². The first-order valence-corrected chi connectivity index (χ1v) is 3.70. The predicted molar refractivity (Wildman–Crippen MR) is 45.4 cm³/mol. The molecule has 0 fully saturated rings. The van der Waals surface area contributed by atoms with Crippen molar-refractivity contribution in [2.45, 2.75) is 6.42 Å². The van der Waals surface area contributed by atoms with Crippen LogP contribution in [0.2, 0.25) is 0 Å². The highest BCUT2D eigenvalue weighted by Crippen LogP contribution is 2.09. The van der Waals surface area contributed by atoms with Crippen molar-refractivity contribution in [3.05, 3.63) is 30.1 Å². The van der Waals surface area contributed by atoms with Crippen molar-refractivity contribution < 1.29 is 0 Å². The average molecular weight is 157 g/mol. The van der Waals surface area contributed by atoms with Crippen molar-refractivity contribution in [1.29, 1.82) is 5.26 Å². The molecule has 0 saturated heterocycles. The number of aromatic amines is 1. The van der Waals surface area contributed by atoms with Gasteiger partial charge in [0.05, 0.1) is 29.2 Å². The van der Waals surface area contributed by atoms with Crippen molar-refractivity contribution in [3.63, 3.8) is 0 Å². The van der Waals surface area contributed by atoms with Crippen LogP contribution in [0.15, 0.2) is 24.4 Å². The summed E-state index contributed by atoms with van der Waals surface area (Å²) < 4.78 is 0. The largest absolute Gasteiger partial charge is 0.360 e.